The van der Waals surface area contributed by atoms with E-state index in [1.807, 2.05) is 66.2 Å². The average molecular weight is 389 g/mol. The molecular weight excluding hydrogens is 370 g/mol. The van der Waals surface area contributed by atoms with Crippen LogP contribution in [0.5, 0.6) is 0 Å². The monoisotopic (exact) mass is 389 g/mol. The molecule has 0 bridgehead atoms. The molecule has 0 aliphatic carbocycles. The molecule has 0 unspecified atom stereocenters. The van der Waals surface area contributed by atoms with Gasteiger partial charge >= 0.3 is 0 Å². The maximum absolute atomic E-state index is 12.6. The van der Waals surface area contributed by atoms with Gasteiger partial charge < -0.3 is 15.6 Å². The number of thiophene rings is 1. The van der Waals surface area contributed by atoms with Crippen LogP contribution in [0.4, 0.5) is 5.00 Å². The number of nitrogens with zero attached hydrogens (tertiary/aromatic N) is 1. The summed E-state index contributed by atoms with van der Waals surface area (Å²) in [6, 6.07) is 19.5. The fourth-order valence-electron chi connectivity index (χ4n) is 3.19. The number of anilines is 1. The van der Waals surface area contributed by atoms with Crippen molar-refractivity contribution in [2.24, 2.45) is 5.73 Å². The lowest BCUT2D eigenvalue weighted by molar-refractivity contribution is -0.116. The Morgan fingerprint density at radius 1 is 1.07 bits per heavy atom. The summed E-state index contributed by atoms with van der Waals surface area (Å²) < 4.78 is 1.89. The summed E-state index contributed by atoms with van der Waals surface area (Å²) >= 11 is 1.35. The van der Waals surface area contributed by atoms with Crippen molar-refractivity contribution in [2.45, 2.75) is 13.5 Å². The van der Waals surface area contributed by atoms with Crippen molar-refractivity contribution in [3.05, 3.63) is 78.0 Å². The van der Waals surface area contributed by atoms with E-state index in [-0.39, 0.29) is 12.5 Å². The molecule has 0 fully saturated rings. The summed E-state index contributed by atoms with van der Waals surface area (Å²) in [5.74, 6) is -0.766. The van der Waals surface area contributed by atoms with Crippen LogP contribution in [0.1, 0.15) is 15.9 Å². The second-order valence-corrected chi connectivity index (χ2v) is 7.69. The largest absolute Gasteiger partial charge is 0.366 e. The Labute approximate surface area is 166 Å². The number of carbonyl (C=O) groups is 2. The van der Waals surface area contributed by atoms with Crippen molar-refractivity contribution >= 4 is 39.1 Å². The van der Waals surface area contributed by atoms with Crippen LogP contribution in [-0.4, -0.2) is 16.4 Å². The Kier molecular flexibility index (Phi) is 4.71. The molecule has 0 saturated carbocycles. The van der Waals surface area contributed by atoms with Gasteiger partial charge in [0.25, 0.3) is 5.91 Å². The second kappa shape index (κ2) is 7.32. The van der Waals surface area contributed by atoms with Crippen LogP contribution in [0.2, 0.25) is 0 Å². The molecule has 0 spiro atoms. The van der Waals surface area contributed by atoms with Crippen LogP contribution in [0.25, 0.3) is 21.3 Å². The van der Waals surface area contributed by atoms with Crippen LogP contribution >= 0.6 is 11.3 Å². The molecule has 28 heavy (non-hydrogen) atoms. The zero-order valence-corrected chi connectivity index (χ0v) is 16.1. The maximum Gasteiger partial charge on any atom is 0.251 e. The first-order chi connectivity index (χ1) is 13.5. The van der Waals surface area contributed by atoms with Crippen LogP contribution < -0.4 is 11.1 Å². The Morgan fingerprint density at radius 2 is 1.86 bits per heavy atom. The number of aryl methyl sites for hydroxylation is 1. The molecule has 3 N–H and O–H groups in total. The van der Waals surface area contributed by atoms with Crippen molar-refractivity contribution in [2.75, 3.05) is 5.32 Å². The lowest BCUT2D eigenvalue weighted by atomic mass is 10.1. The van der Waals surface area contributed by atoms with Gasteiger partial charge in [-0.25, -0.2) is 0 Å². The zero-order valence-electron chi connectivity index (χ0n) is 15.3. The lowest BCUT2D eigenvalue weighted by Gasteiger charge is -2.07. The number of aromatic nitrogens is 1. The first-order valence-corrected chi connectivity index (χ1v) is 9.67. The van der Waals surface area contributed by atoms with Crippen molar-refractivity contribution in [3.63, 3.8) is 0 Å². The number of amides is 2. The number of hydrogen-bond acceptors (Lipinski definition) is 3. The first-order valence-electron chi connectivity index (χ1n) is 8.85. The molecule has 6 heteroatoms. The molecule has 4 rings (SSSR count). The molecule has 140 valence electrons. The molecule has 0 saturated heterocycles. The molecule has 5 nitrogen and oxygen atoms in total. The second-order valence-electron chi connectivity index (χ2n) is 6.64. The molecule has 0 radical (unpaired) electrons. The van der Waals surface area contributed by atoms with Gasteiger partial charge in [0.05, 0.1) is 5.56 Å². The molecular formula is C22H19N3O2S. The van der Waals surface area contributed by atoms with Gasteiger partial charge in [0, 0.05) is 16.6 Å². The first kappa shape index (κ1) is 18.0. The summed E-state index contributed by atoms with van der Waals surface area (Å²) in [4.78, 5) is 25.4. The number of primary amides is 1. The molecule has 0 aliphatic rings. The standard InChI is InChI=1S/C22H19N3O2S/c1-14-7-8-18-16(11-14)9-10-25(18)13-20(26)24-22-17(21(23)27)12-19(28-22)15-5-3-2-4-6-15/h2-12H,13H2,1H3,(H2,23,27)(H,24,26). The van der Waals surface area contributed by atoms with E-state index >= 15 is 0 Å². The summed E-state index contributed by atoms with van der Waals surface area (Å²) in [6.07, 6.45) is 1.89. The minimum Gasteiger partial charge on any atom is -0.366 e. The number of nitrogens with one attached hydrogen (secondary N) is 1. The quantitative estimate of drug-likeness (QED) is 0.530. The summed E-state index contributed by atoms with van der Waals surface area (Å²) in [6.45, 7) is 2.19. The van der Waals surface area contributed by atoms with Gasteiger partial charge in [-0.1, -0.05) is 42.0 Å². The van der Waals surface area contributed by atoms with E-state index in [0.29, 0.717) is 10.6 Å². The average Bonchev–Trinajstić information content (AvgIpc) is 3.27. The SMILES string of the molecule is Cc1ccc2c(ccn2CC(=O)Nc2sc(-c3ccccc3)cc2C(N)=O)c1. The van der Waals surface area contributed by atoms with Crippen molar-refractivity contribution in [1.29, 1.82) is 0 Å². The minimum atomic E-state index is -0.560. The number of rotatable bonds is 5. The van der Waals surface area contributed by atoms with Crippen molar-refractivity contribution < 1.29 is 9.59 Å². The molecule has 2 aromatic carbocycles. The van der Waals surface area contributed by atoms with E-state index in [0.717, 1.165) is 21.3 Å². The Morgan fingerprint density at radius 3 is 2.61 bits per heavy atom. The summed E-state index contributed by atoms with van der Waals surface area (Å²) in [5.41, 5.74) is 8.98. The van der Waals surface area contributed by atoms with Crippen LogP contribution in [-0.2, 0) is 11.3 Å². The molecule has 2 aromatic heterocycles. The Hall–Kier alpha value is -3.38. The predicted octanol–water partition coefficient (Wildman–Crippen LogP) is 4.42. The number of fused-ring (bicyclic) bond motifs is 1. The molecule has 0 atom stereocenters. The highest BCUT2D eigenvalue weighted by atomic mass is 32.1. The van der Waals surface area contributed by atoms with Crippen LogP contribution in [0.3, 0.4) is 0 Å². The van der Waals surface area contributed by atoms with Crippen molar-refractivity contribution in [1.82, 2.24) is 4.57 Å². The van der Waals surface area contributed by atoms with Gasteiger partial charge in [0.1, 0.15) is 11.5 Å². The third kappa shape index (κ3) is 3.54. The highest BCUT2D eigenvalue weighted by Crippen LogP contribution is 2.35. The Balaban J connectivity index is 1.58. The fraction of sp³-hybridized carbons (Fsp3) is 0.0909. The topological polar surface area (TPSA) is 77.1 Å². The van der Waals surface area contributed by atoms with Gasteiger partial charge in [0.2, 0.25) is 5.91 Å². The van der Waals surface area contributed by atoms with Crippen LogP contribution in [0, 0.1) is 6.92 Å². The van der Waals surface area contributed by atoms with Gasteiger partial charge in [-0.3, -0.25) is 9.59 Å². The van der Waals surface area contributed by atoms with Gasteiger partial charge in [-0.15, -0.1) is 11.3 Å². The maximum atomic E-state index is 12.6. The van der Waals surface area contributed by atoms with E-state index in [1.54, 1.807) is 6.07 Å². The minimum absolute atomic E-state index is 0.156. The normalized spacial score (nSPS) is 10.9. The summed E-state index contributed by atoms with van der Waals surface area (Å²) in [5, 5.41) is 4.42. The highest BCUT2D eigenvalue weighted by Gasteiger charge is 2.17. The van der Waals surface area contributed by atoms with E-state index in [9.17, 15) is 9.59 Å². The number of benzene rings is 2. The smallest absolute Gasteiger partial charge is 0.251 e. The van der Waals surface area contributed by atoms with E-state index in [2.05, 4.69) is 11.4 Å². The van der Waals surface area contributed by atoms with Gasteiger partial charge in [0.15, 0.2) is 0 Å². The van der Waals surface area contributed by atoms with E-state index < -0.39 is 5.91 Å². The fourth-order valence-corrected chi connectivity index (χ4v) is 4.27. The van der Waals surface area contributed by atoms with Crippen molar-refractivity contribution in [3.8, 4) is 10.4 Å². The van der Waals surface area contributed by atoms with Gasteiger partial charge in [-0.05, 0) is 42.1 Å². The molecule has 2 heterocycles. The zero-order chi connectivity index (χ0) is 19.7. The lowest BCUT2D eigenvalue weighted by Crippen LogP contribution is -2.20. The van der Waals surface area contributed by atoms with E-state index in [4.69, 9.17) is 5.73 Å². The molecule has 2 amide bonds. The van der Waals surface area contributed by atoms with Gasteiger partial charge in [-0.2, -0.15) is 0 Å². The Bertz CT molecular complexity index is 1180. The molecule has 0 aliphatic heterocycles. The number of carbonyl (C=O) groups excluding carboxylic acids is 2. The summed E-state index contributed by atoms with van der Waals surface area (Å²) in [7, 11) is 0. The third-order valence-electron chi connectivity index (χ3n) is 4.55. The van der Waals surface area contributed by atoms with Crippen LogP contribution in [0.15, 0.2) is 66.9 Å². The molecule has 4 aromatic rings. The van der Waals surface area contributed by atoms with E-state index in [1.165, 1.54) is 16.9 Å². The predicted molar refractivity (Wildman–Crippen MR) is 114 cm³/mol. The highest BCUT2D eigenvalue weighted by molar-refractivity contribution is 7.20. The number of hydrogen-bond donors (Lipinski definition) is 2. The third-order valence-corrected chi connectivity index (χ3v) is 5.65. The number of nitrogens with two attached hydrogens (primary N) is 1.